The molecule has 0 atom stereocenters. The zero-order chi connectivity index (χ0) is 8.55. The Morgan fingerprint density at radius 3 is 2.75 bits per heavy atom. The lowest BCUT2D eigenvalue weighted by molar-refractivity contribution is 1.08. The molecule has 0 fully saturated rings. The molecule has 0 saturated carbocycles. The Hall–Kier alpha value is -0.860. The molecule has 0 bridgehead atoms. The van der Waals surface area contributed by atoms with Crippen molar-refractivity contribution < 1.29 is 0 Å². The molecule has 0 saturated heterocycles. The second-order valence-electron chi connectivity index (χ2n) is 2.34. The number of fused-ring (bicyclic) bond motifs is 1. The Bertz CT molecular complexity index is 428. The number of nitrogens with zero attached hydrogens (tertiary/aromatic N) is 2. The molecule has 2 aromatic rings. The molecule has 2 nitrogen and oxygen atoms in total. The van der Waals surface area contributed by atoms with Crippen LogP contribution in [0.3, 0.4) is 0 Å². The molecule has 0 aliphatic rings. The van der Waals surface area contributed by atoms with Gasteiger partial charge in [-0.15, -0.1) is 10.2 Å². The van der Waals surface area contributed by atoms with Crippen molar-refractivity contribution in [2.45, 2.75) is 0 Å². The average molecular weight is 199 g/mol. The highest BCUT2D eigenvalue weighted by Gasteiger charge is 2.00. The lowest BCUT2D eigenvalue weighted by Gasteiger charge is -1.97. The first-order valence-electron chi connectivity index (χ1n) is 3.35. The van der Waals surface area contributed by atoms with Gasteiger partial charge in [-0.2, -0.15) is 0 Å². The van der Waals surface area contributed by atoms with Gasteiger partial charge in [0, 0.05) is 5.39 Å². The fraction of sp³-hybridized carbons (Fsp3) is 0. The van der Waals surface area contributed by atoms with Gasteiger partial charge < -0.3 is 0 Å². The summed E-state index contributed by atoms with van der Waals surface area (Å²) in [5, 5.41) is 9.41. The largest absolute Gasteiger partial charge is 0.152 e. The number of aromatic nitrogens is 2. The zero-order valence-electron chi connectivity index (χ0n) is 5.96. The van der Waals surface area contributed by atoms with Crippen molar-refractivity contribution in [1.29, 1.82) is 0 Å². The van der Waals surface area contributed by atoms with Crippen LogP contribution < -0.4 is 0 Å². The van der Waals surface area contributed by atoms with Gasteiger partial charge in [0.2, 0.25) is 0 Å². The van der Waals surface area contributed by atoms with Crippen LogP contribution in [0.25, 0.3) is 10.9 Å². The normalized spacial score (nSPS) is 10.5. The van der Waals surface area contributed by atoms with Crippen LogP contribution in [-0.4, -0.2) is 10.2 Å². The summed E-state index contributed by atoms with van der Waals surface area (Å²) in [5.41, 5.74) is 0.756. The van der Waals surface area contributed by atoms with Crippen LogP contribution in [0, 0.1) is 0 Å². The van der Waals surface area contributed by atoms with Gasteiger partial charge in [0.15, 0.2) is 5.15 Å². The SMILES string of the molecule is Clc1cc2c(Cl)cccc2nn1. The third-order valence-corrected chi connectivity index (χ3v) is 2.06. The number of halogens is 2. The van der Waals surface area contributed by atoms with Gasteiger partial charge in [-0.25, -0.2) is 0 Å². The van der Waals surface area contributed by atoms with Crippen molar-refractivity contribution in [3.63, 3.8) is 0 Å². The highest BCUT2D eigenvalue weighted by molar-refractivity contribution is 6.36. The quantitative estimate of drug-likeness (QED) is 0.651. The fourth-order valence-electron chi connectivity index (χ4n) is 1.01. The average Bonchev–Trinajstić information content (AvgIpc) is 2.07. The van der Waals surface area contributed by atoms with E-state index in [0.29, 0.717) is 10.2 Å². The van der Waals surface area contributed by atoms with E-state index in [1.165, 1.54) is 0 Å². The third kappa shape index (κ3) is 1.24. The molecule has 1 aromatic carbocycles. The number of benzene rings is 1. The Labute approximate surface area is 79.1 Å². The zero-order valence-corrected chi connectivity index (χ0v) is 7.47. The van der Waals surface area contributed by atoms with Gasteiger partial charge in [-0.3, -0.25) is 0 Å². The maximum atomic E-state index is 5.90. The smallest absolute Gasteiger partial charge is 0.149 e. The molecular weight excluding hydrogens is 195 g/mol. The van der Waals surface area contributed by atoms with Crippen LogP contribution in [0.2, 0.25) is 10.2 Å². The summed E-state index contributed by atoms with van der Waals surface area (Å²) in [6.07, 6.45) is 0. The van der Waals surface area contributed by atoms with Crippen LogP contribution in [-0.2, 0) is 0 Å². The Kier molecular flexibility index (Phi) is 1.87. The maximum Gasteiger partial charge on any atom is 0.152 e. The lowest BCUT2D eigenvalue weighted by Crippen LogP contribution is -1.84. The molecule has 0 radical (unpaired) electrons. The Morgan fingerprint density at radius 1 is 1.08 bits per heavy atom. The Morgan fingerprint density at radius 2 is 1.92 bits per heavy atom. The molecule has 12 heavy (non-hydrogen) atoms. The molecular formula is C8H4Cl2N2. The van der Waals surface area contributed by atoms with Crippen molar-refractivity contribution in [2.24, 2.45) is 0 Å². The molecule has 1 heterocycles. The van der Waals surface area contributed by atoms with Crippen LogP contribution in [0.15, 0.2) is 24.3 Å². The van der Waals surface area contributed by atoms with Crippen LogP contribution in [0.1, 0.15) is 0 Å². The minimum absolute atomic E-state index is 0.357. The molecule has 60 valence electrons. The van der Waals surface area contributed by atoms with Crippen LogP contribution >= 0.6 is 23.2 Å². The molecule has 4 heteroatoms. The van der Waals surface area contributed by atoms with E-state index in [2.05, 4.69) is 10.2 Å². The van der Waals surface area contributed by atoms with E-state index in [-0.39, 0.29) is 0 Å². The molecule has 0 aliphatic carbocycles. The van der Waals surface area contributed by atoms with E-state index in [0.717, 1.165) is 10.9 Å². The van der Waals surface area contributed by atoms with Crippen molar-refractivity contribution in [1.82, 2.24) is 10.2 Å². The van der Waals surface area contributed by atoms with Gasteiger partial charge in [0.1, 0.15) is 0 Å². The minimum atomic E-state index is 0.357. The van der Waals surface area contributed by atoms with Crippen LogP contribution in [0.4, 0.5) is 0 Å². The van der Waals surface area contributed by atoms with Crippen LogP contribution in [0.5, 0.6) is 0 Å². The number of rotatable bonds is 0. The summed E-state index contributed by atoms with van der Waals surface area (Å²) >= 11 is 11.6. The highest BCUT2D eigenvalue weighted by Crippen LogP contribution is 2.22. The van der Waals surface area contributed by atoms with Crippen molar-refractivity contribution in [2.75, 3.05) is 0 Å². The summed E-state index contributed by atoms with van der Waals surface area (Å²) in [6.45, 7) is 0. The number of hydrogen-bond acceptors (Lipinski definition) is 2. The van der Waals surface area contributed by atoms with Crippen molar-refractivity contribution >= 4 is 34.1 Å². The molecule has 0 aliphatic heterocycles. The standard InChI is InChI=1S/C8H4Cl2N2/c9-6-2-1-3-7-5(6)4-8(10)12-11-7/h1-4H. The number of hydrogen-bond donors (Lipinski definition) is 0. The molecule has 0 amide bonds. The van der Waals surface area contributed by atoms with Gasteiger partial charge >= 0.3 is 0 Å². The second-order valence-corrected chi connectivity index (χ2v) is 3.13. The first kappa shape index (κ1) is 7.77. The Balaban J connectivity index is 2.88. The second kappa shape index (κ2) is 2.88. The van der Waals surface area contributed by atoms with E-state index in [9.17, 15) is 0 Å². The molecule has 0 spiro atoms. The fourth-order valence-corrected chi connectivity index (χ4v) is 1.38. The highest BCUT2D eigenvalue weighted by atomic mass is 35.5. The first-order valence-corrected chi connectivity index (χ1v) is 4.10. The van der Waals surface area contributed by atoms with E-state index in [1.54, 1.807) is 12.1 Å². The van der Waals surface area contributed by atoms with E-state index >= 15 is 0 Å². The van der Waals surface area contributed by atoms with Gasteiger partial charge in [0.05, 0.1) is 10.5 Å². The maximum absolute atomic E-state index is 5.90. The minimum Gasteiger partial charge on any atom is -0.149 e. The predicted molar refractivity (Wildman–Crippen MR) is 49.6 cm³/mol. The summed E-state index contributed by atoms with van der Waals surface area (Å²) in [7, 11) is 0. The summed E-state index contributed by atoms with van der Waals surface area (Å²) in [4.78, 5) is 0. The summed E-state index contributed by atoms with van der Waals surface area (Å²) in [5.74, 6) is 0. The molecule has 2 rings (SSSR count). The van der Waals surface area contributed by atoms with E-state index in [4.69, 9.17) is 23.2 Å². The lowest BCUT2D eigenvalue weighted by atomic mass is 10.2. The topological polar surface area (TPSA) is 25.8 Å². The summed E-state index contributed by atoms with van der Waals surface area (Å²) in [6, 6.07) is 7.16. The van der Waals surface area contributed by atoms with Crippen molar-refractivity contribution in [3.05, 3.63) is 34.4 Å². The predicted octanol–water partition coefficient (Wildman–Crippen LogP) is 2.94. The van der Waals surface area contributed by atoms with E-state index < -0.39 is 0 Å². The van der Waals surface area contributed by atoms with Crippen molar-refractivity contribution in [3.8, 4) is 0 Å². The third-order valence-electron chi connectivity index (χ3n) is 1.55. The summed E-state index contributed by atoms with van der Waals surface area (Å²) < 4.78 is 0. The first-order chi connectivity index (χ1) is 5.77. The van der Waals surface area contributed by atoms with E-state index in [1.807, 2.05) is 12.1 Å². The monoisotopic (exact) mass is 198 g/mol. The molecule has 1 aromatic heterocycles. The van der Waals surface area contributed by atoms with Gasteiger partial charge in [0.25, 0.3) is 0 Å². The van der Waals surface area contributed by atoms with Gasteiger partial charge in [-0.05, 0) is 18.2 Å². The van der Waals surface area contributed by atoms with Gasteiger partial charge in [-0.1, -0.05) is 29.3 Å². The molecule has 0 N–H and O–H groups in total. The molecule has 0 unspecified atom stereocenters.